The van der Waals surface area contributed by atoms with Gasteiger partial charge in [-0.25, -0.2) is 0 Å². The van der Waals surface area contributed by atoms with Gasteiger partial charge in [0.05, 0.1) is 0 Å². The fraction of sp³-hybridized carbons (Fsp3) is 0.500. The molecule has 0 bridgehead atoms. The minimum atomic E-state index is 0.157. The molecule has 0 spiro atoms. The number of amides is 1. The maximum atomic E-state index is 11.5. The second kappa shape index (κ2) is 5.32. The normalized spacial score (nSPS) is 28.7. The van der Waals surface area contributed by atoms with Crippen molar-refractivity contribution in [3.63, 3.8) is 0 Å². The first-order valence-corrected chi connectivity index (χ1v) is 6.16. The summed E-state index contributed by atoms with van der Waals surface area (Å²) in [6, 6.07) is 0. The lowest BCUT2D eigenvalue weighted by molar-refractivity contribution is -0.128. The zero-order valence-electron chi connectivity index (χ0n) is 10.6. The van der Waals surface area contributed by atoms with Crippen molar-refractivity contribution in [2.24, 2.45) is 5.92 Å². The number of rotatable bonds is 0. The van der Waals surface area contributed by atoms with Crippen molar-refractivity contribution in [1.29, 1.82) is 0 Å². The average Bonchev–Trinajstić information content (AvgIpc) is 2.37. The van der Waals surface area contributed by atoms with Crippen molar-refractivity contribution in [3.05, 3.63) is 36.0 Å². The predicted molar refractivity (Wildman–Crippen MR) is 69.6 cm³/mol. The summed E-state index contributed by atoms with van der Waals surface area (Å²) in [4.78, 5) is 15.7. The molecule has 1 unspecified atom stereocenters. The van der Waals surface area contributed by atoms with E-state index < -0.39 is 0 Å². The van der Waals surface area contributed by atoms with Gasteiger partial charge in [0.15, 0.2) is 0 Å². The average molecular weight is 232 g/mol. The van der Waals surface area contributed by atoms with Crippen LogP contribution in [0, 0.1) is 5.92 Å². The Bertz CT molecular complexity index is 382. The highest BCUT2D eigenvalue weighted by atomic mass is 16.2. The minimum absolute atomic E-state index is 0.157. The van der Waals surface area contributed by atoms with Crippen LogP contribution in [0.4, 0.5) is 0 Å². The number of hydrogen-bond acceptors (Lipinski definition) is 2. The molecule has 0 saturated heterocycles. The summed E-state index contributed by atoms with van der Waals surface area (Å²) >= 11 is 0. The largest absolute Gasteiger partial charge is 0.338 e. The molecule has 3 heteroatoms. The molecule has 2 rings (SSSR count). The van der Waals surface area contributed by atoms with E-state index in [-0.39, 0.29) is 5.91 Å². The van der Waals surface area contributed by atoms with Gasteiger partial charge in [-0.1, -0.05) is 30.4 Å². The van der Waals surface area contributed by atoms with Crippen molar-refractivity contribution < 1.29 is 4.79 Å². The molecule has 0 aromatic heterocycles. The van der Waals surface area contributed by atoms with Gasteiger partial charge in [-0.3, -0.25) is 4.79 Å². The summed E-state index contributed by atoms with van der Waals surface area (Å²) in [5.74, 6) is 0.626. The number of carbonyl (C=O) groups is 1. The number of fused-ring (bicyclic) bond motifs is 1. The molecule has 2 aliphatic rings. The molecule has 0 saturated carbocycles. The molecule has 1 aliphatic heterocycles. The van der Waals surface area contributed by atoms with Crippen molar-refractivity contribution in [1.82, 2.24) is 9.80 Å². The Morgan fingerprint density at radius 1 is 1.35 bits per heavy atom. The zero-order valence-corrected chi connectivity index (χ0v) is 10.6. The molecule has 0 N–H and O–H groups in total. The minimum Gasteiger partial charge on any atom is -0.338 e. The third-order valence-corrected chi connectivity index (χ3v) is 3.42. The van der Waals surface area contributed by atoms with Crippen LogP contribution in [0.1, 0.15) is 6.92 Å². The number of nitrogens with zero attached hydrogens (tertiary/aromatic N) is 2. The van der Waals surface area contributed by atoms with E-state index in [1.165, 1.54) is 5.57 Å². The monoisotopic (exact) mass is 232 g/mol. The van der Waals surface area contributed by atoms with Crippen LogP contribution in [0.3, 0.4) is 0 Å². The lowest BCUT2D eigenvalue weighted by Gasteiger charge is -2.24. The Morgan fingerprint density at radius 3 is 2.94 bits per heavy atom. The highest BCUT2D eigenvalue weighted by molar-refractivity contribution is 5.73. The van der Waals surface area contributed by atoms with Gasteiger partial charge in [0.1, 0.15) is 0 Å². The number of hydrogen-bond donors (Lipinski definition) is 0. The van der Waals surface area contributed by atoms with Crippen LogP contribution in [-0.4, -0.2) is 48.9 Å². The lowest BCUT2D eigenvalue weighted by Crippen LogP contribution is -2.36. The molecule has 0 aromatic carbocycles. The van der Waals surface area contributed by atoms with Crippen LogP contribution in [0.5, 0.6) is 0 Å². The molecule has 0 aromatic rings. The van der Waals surface area contributed by atoms with Crippen LogP contribution >= 0.6 is 0 Å². The second-order valence-electron chi connectivity index (χ2n) is 4.78. The number of likely N-dealkylation sites (N-methyl/N-ethyl adjacent to an activating group) is 1. The second-order valence-corrected chi connectivity index (χ2v) is 4.78. The smallest absolute Gasteiger partial charge is 0.219 e. The SMILES string of the molecule is CC(=O)N1C/C=C2\C=CC=CC2CN(C)CC1. The Kier molecular flexibility index (Phi) is 3.79. The third-order valence-electron chi connectivity index (χ3n) is 3.42. The van der Waals surface area contributed by atoms with Crippen LogP contribution in [0.15, 0.2) is 36.0 Å². The summed E-state index contributed by atoms with van der Waals surface area (Å²) in [5, 5.41) is 0. The molecule has 1 aliphatic carbocycles. The Hall–Kier alpha value is -1.35. The fourth-order valence-electron chi connectivity index (χ4n) is 2.30. The van der Waals surface area contributed by atoms with E-state index in [0.29, 0.717) is 5.92 Å². The van der Waals surface area contributed by atoms with Gasteiger partial charge in [-0.2, -0.15) is 0 Å². The first-order chi connectivity index (χ1) is 8.16. The summed E-state index contributed by atoms with van der Waals surface area (Å²) in [6.07, 6.45) is 10.8. The van der Waals surface area contributed by atoms with E-state index in [1.54, 1.807) is 6.92 Å². The number of carbonyl (C=O) groups excluding carboxylic acids is 1. The molecule has 0 radical (unpaired) electrons. The van der Waals surface area contributed by atoms with E-state index >= 15 is 0 Å². The quantitative estimate of drug-likeness (QED) is 0.631. The van der Waals surface area contributed by atoms with Gasteiger partial charge < -0.3 is 9.80 Å². The first kappa shape index (κ1) is 12.1. The van der Waals surface area contributed by atoms with Crippen molar-refractivity contribution in [3.8, 4) is 0 Å². The highest BCUT2D eigenvalue weighted by Crippen LogP contribution is 2.20. The highest BCUT2D eigenvalue weighted by Gasteiger charge is 2.18. The van der Waals surface area contributed by atoms with Gasteiger partial charge in [0.25, 0.3) is 0 Å². The van der Waals surface area contributed by atoms with E-state index in [9.17, 15) is 4.79 Å². The van der Waals surface area contributed by atoms with Crippen molar-refractivity contribution in [2.45, 2.75) is 6.92 Å². The van der Waals surface area contributed by atoms with Gasteiger partial charge in [-0.05, 0) is 12.6 Å². The van der Waals surface area contributed by atoms with Crippen LogP contribution in [-0.2, 0) is 4.79 Å². The molecule has 0 fully saturated rings. The van der Waals surface area contributed by atoms with Crippen molar-refractivity contribution >= 4 is 5.91 Å². The van der Waals surface area contributed by atoms with E-state index in [0.717, 1.165) is 26.2 Å². The molecule has 1 amide bonds. The molecule has 1 heterocycles. The van der Waals surface area contributed by atoms with E-state index in [4.69, 9.17) is 0 Å². The first-order valence-electron chi connectivity index (χ1n) is 6.16. The van der Waals surface area contributed by atoms with Crippen LogP contribution in [0.2, 0.25) is 0 Å². The van der Waals surface area contributed by atoms with E-state index in [2.05, 4.69) is 42.3 Å². The summed E-state index contributed by atoms with van der Waals surface area (Å²) in [7, 11) is 2.12. The fourth-order valence-corrected chi connectivity index (χ4v) is 2.30. The summed E-state index contributed by atoms with van der Waals surface area (Å²) < 4.78 is 0. The van der Waals surface area contributed by atoms with Gasteiger partial charge >= 0.3 is 0 Å². The topological polar surface area (TPSA) is 23.6 Å². The third kappa shape index (κ3) is 3.07. The Labute approximate surface area is 103 Å². The lowest BCUT2D eigenvalue weighted by atomic mass is 9.94. The molecule has 3 nitrogen and oxygen atoms in total. The Balaban J connectivity index is 2.18. The van der Waals surface area contributed by atoms with Gasteiger partial charge in [0, 0.05) is 39.0 Å². The molecular weight excluding hydrogens is 212 g/mol. The maximum absolute atomic E-state index is 11.5. The molecular formula is C14H20N2O. The molecule has 92 valence electrons. The Morgan fingerprint density at radius 2 is 2.18 bits per heavy atom. The maximum Gasteiger partial charge on any atom is 0.219 e. The van der Waals surface area contributed by atoms with Gasteiger partial charge in [0.2, 0.25) is 5.91 Å². The summed E-state index contributed by atoms with van der Waals surface area (Å²) in [5.41, 5.74) is 1.33. The van der Waals surface area contributed by atoms with Crippen LogP contribution < -0.4 is 0 Å². The van der Waals surface area contributed by atoms with Crippen molar-refractivity contribution in [2.75, 3.05) is 33.2 Å². The molecule has 1 atom stereocenters. The van der Waals surface area contributed by atoms with E-state index in [1.807, 2.05) is 4.90 Å². The standard InChI is InChI=1S/C14H20N2O/c1-12(17)16-8-7-13-5-3-4-6-14(13)11-15(2)9-10-16/h3-7,14H,8-11H2,1-2H3/b13-7+. The summed E-state index contributed by atoms with van der Waals surface area (Å²) in [6.45, 7) is 5.15. The molecule has 17 heavy (non-hydrogen) atoms. The van der Waals surface area contributed by atoms with Gasteiger partial charge in [-0.15, -0.1) is 0 Å². The number of allylic oxidation sites excluding steroid dienone is 3. The van der Waals surface area contributed by atoms with Crippen LogP contribution in [0.25, 0.3) is 0 Å². The predicted octanol–water partition coefficient (Wildman–Crippen LogP) is 1.45. The zero-order chi connectivity index (χ0) is 12.3.